The Morgan fingerprint density at radius 3 is 2.69 bits per heavy atom. The Balaban J connectivity index is 1.68. The highest BCUT2D eigenvalue weighted by Gasteiger charge is 2.16. The van der Waals surface area contributed by atoms with Crippen LogP contribution in [-0.4, -0.2) is 19.3 Å². The highest BCUT2D eigenvalue weighted by atomic mass is 32.2. The van der Waals surface area contributed by atoms with Crippen LogP contribution in [0.4, 0.5) is 0 Å². The van der Waals surface area contributed by atoms with Crippen molar-refractivity contribution in [2.75, 3.05) is 0 Å². The molecular weight excluding hydrogens is 354 g/mol. The highest BCUT2D eigenvalue weighted by Crippen LogP contribution is 2.12. The first-order valence-corrected chi connectivity index (χ1v) is 9.32. The molecule has 0 saturated heterocycles. The number of aromatic nitrogens is 1. The summed E-state index contributed by atoms with van der Waals surface area (Å²) < 4.78 is 32.5. The van der Waals surface area contributed by atoms with Crippen molar-refractivity contribution >= 4 is 15.9 Å². The molecule has 1 aromatic carbocycles. The molecule has 2 N–H and O–H groups in total. The Labute approximate surface area is 151 Å². The van der Waals surface area contributed by atoms with Crippen LogP contribution >= 0.6 is 0 Å². The highest BCUT2D eigenvalue weighted by molar-refractivity contribution is 7.89. The normalized spacial score (nSPS) is 11.2. The Morgan fingerprint density at radius 1 is 1.08 bits per heavy atom. The largest absolute Gasteiger partial charge is 0.467 e. The molecule has 2 heterocycles. The first-order chi connectivity index (χ1) is 12.5. The molecule has 0 saturated carbocycles. The zero-order chi connectivity index (χ0) is 18.4. The van der Waals surface area contributed by atoms with E-state index in [4.69, 9.17) is 4.42 Å². The lowest BCUT2D eigenvalue weighted by atomic mass is 10.2. The number of amides is 1. The Bertz CT molecular complexity index is 971. The maximum atomic E-state index is 12.4. The van der Waals surface area contributed by atoms with Crippen LogP contribution < -0.4 is 10.0 Å². The molecule has 3 rings (SSSR count). The van der Waals surface area contributed by atoms with Gasteiger partial charge >= 0.3 is 0 Å². The van der Waals surface area contributed by atoms with Crippen LogP contribution in [-0.2, 0) is 23.1 Å². The number of hydrogen-bond donors (Lipinski definition) is 2. The van der Waals surface area contributed by atoms with Gasteiger partial charge in [-0.2, -0.15) is 0 Å². The second-order valence-electron chi connectivity index (χ2n) is 5.48. The van der Waals surface area contributed by atoms with Crippen LogP contribution in [0.3, 0.4) is 0 Å². The van der Waals surface area contributed by atoms with Gasteiger partial charge < -0.3 is 9.73 Å². The number of rotatable bonds is 7. The van der Waals surface area contributed by atoms with Crippen molar-refractivity contribution in [3.05, 3.63) is 84.1 Å². The lowest BCUT2D eigenvalue weighted by molar-refractivity contribution is 0.0948. The number of hydrogen-bond acceptors (Lipinski definition) is 5. The summed E-state index contributed by atoms with van der Waals surface area (Å²) in [6.45, 7) is 0.340. The van der Waals surface area contributed by atoms with Crippen molar-refractivity contribution in [3.63, 3.8) is 0 Å². The van der Waals surface area contributed by atoms with E-state index in [0.717, 1.165) is 5.56 Å². The monoisotopic (exact) mass is 371 g/mol. The fourth-order valence-electron chi connectivity index (χ4n) is 2.25. The van der Waals surface area contributed by atoms with Crippen LogP contribution in [0.2, 0.25) is 0 Å². The summed E-state index contributed by atoms with van der Waals surface area (Å²) in [7, 11) is -3.75. The van der Waals surface area contributed by atoms with E-state index in [1.54, 1.807) is 42.7 Å². The topological polar surface area (TPSA) is 101 Å². The number of carbonyl (C=O) groups excluding carboxylic acids is 1. The van der Waals surface area contributed by atoms with E-state index >= 15 is 0 Å². The van der Waals surface area contributed by atoms with E-state index in [1.807, 2.05) is 0 Å². The minimum Gasteiger partial charge on any atom is -0.467 e. The van der Waals surface area contributed by atoms with Gasteiger partial charge in [0.2, 0.25) is 10.0 Å². The fraction of sp³-hybridized carbons (Fsp3) is 0.111. The van der Waals surface area contributed by atoms with E-state index in [1.165, 1.54) is 24.5 Å². The number of sulfonamides is 1. The average molecular weight is 371 g/mol. The summed E-state index contributed by atoms with van der Waals surface area (Å²) in [4.78, 5) is 16.2. The zero-order valence-corrected chi connectivity index (χ0v) is 14.6. The van der Waals surface area contributed by atoms with E-state index in [2.05, 4.69) is 15.0 Å². The second-order valence-corrected chi connectivity index (χ2v) is 7.24. The van der Waals surface area contributed by atoms with Gasteiger partial charge in [-0.15, -0.1) is 0 Å². The van der Waals surface area contributed by atoms with Gasteiger partial charge in [-0.25, -0.2) is 13.1 Å². The maximum absolute atomic E-state index is 12.4. The van der Waals surface area contributed by atoms with Crippen molar-refractivity contribution in [2.24, 2.45) is 0 Å². The van der Waals surface area contributed by atoms with Gasteiger partial charge in [-0.1, -0.05) is 12.1 Å². The summed E-state index contributed by atoms with van der Waals surface area (Å²) in [5.41, 5.74) is 0.990. The number of pyridine rings is 1. The van der Waals surface area contributed by atoms with Gasteiger partial charge in [-0.05, 0) is 42.0 Å². The summed E-state index contributed by atoms with van der Waals surface area (Å²) >= 11 is 0. The third-order valence-electron chi connectivity index (χ3n) is 3.60. The standard InChI is InChI=1S/C18H17N3O4S/c22-18(20-13-16-6-3-9-25-16)15-5-1-7-17(10-15)26(23,24)21-12-14-4-2-8-19-11-14/h1-11,21H,12-13H2,(H,20,22). The molecule has 0 aliphatic heterocycles. The molecule has 2 aromatic heterocycles. The van der Waals surface area contributed by atoms with Crippen molar-refractivity contribution in [1.82, 2.24) is 15.0 Å². The Kier molecular flexibility index (Phi) is 5.45. The number of nitrogens with one attached hydrogen (secondary N) is 2. The molecular formula is C18H17N3O4S. The van der Waals surface area contributed by atoms with Gasteiger partial charge in [0.15, 0.2) is 0 Å². The van der Waals surface area contributed by atoms with Crippen LogP contribution in [0.25, 0.3) is 0 Å². The van der Waals surface area contributed by atoms with E-state index in [9.17, 15) is 13.2 Å². The molecule has 1 amide bonds. The van der Waals surface area contributed by atoms with Gasteiger partial charge in [0.25, 0.3) is 5.91 Å². The molecule has 0 aliphatic carbocycles. The zero-order valence-electron chi connectivity index (χ0n) is 13.8. The lowest BCUT2D eigenvalue weighted by Crippen LogP contribution is -2.25. The molecule has 0 unspecified atom stereocenters. The molecule has 0 spiro atoms. The molecule has 7 nitrogen and oxygen atoms in total. The van der Waals surface area contributed by atoms with Crippen molar-refractivity contribution in [2.45, 2.75) is 18.0 Å². The predicted octanol–water partition coefficient (Wildman–Crippen LogP) is 2.08. The van der Waals surface area contributed by atoms with Crippen LogP contribution in [0.5, 0.6) is 0 Å². The van der Waals surface area contributed by atoms with Gasteiger partial charge in [-0.3, -0.25) is 9.78 Å². The molecule has 26 heavy (non-hydrogen) atoms. The molecule has 0 radical (unpaired) electrons. The molecule has 0 fully saturated rings. The van der Waals surface area contributed by atoms with E-state index in [-0.39, 0.29) is 29.5 Å². The van der Waals surface area contributed by atoms with Crippen molar-refractivity contribution in [3.8, 4) is 0 Å². The Morgan fingerprint density at radius 2 is 1.96 bits per heavy atom. The minimum atomic E-state index is -3.75. The van der Waals surface area contributed by atoms with Gasteiger partial charge in [0.05, 0.1) is 17.7 Å². The third kappa shape index (κ3) is 4.56. The third-order valence-corrected chi connectivity index (χ3v) is 5.00. The van der Waals surface area contributed by atoms with Gasteiger partial charge in [0, 0.05) is 24.5 Å². The predicted molar refractivity (Wildman–Crippen MR) is 94.6 cm³/mol. The number of carbonyl (C=O) groups is 1. The molecule has 0 aliphatic rings. The number of nitrogens with zero attached hydrogens (tertiary/aromatic N) is 1. The van der Waals surface area contributed by atoms with Gasteiger partial charge in [0.1, 0.15) is 5.76 Å². The molecule has 3 aromatic rings. The van der Waals surface area contributed by atoms with Crippen LogP contribution in [0, 0.1) is 0 Å². The summed E-state index contributed by atoms with van der Waals surface area (Å²) in [5.74, 6) is 0.228. The van der Waals surface area contributed by atoms with Crippen LogP contribution in [0.15, 0.2) is 76.5 Å². The second kappa shape index (κ2) is 7.94. The quantitative estimate of drug-likeness (QED) is 0.662. The number of furan rings is 1. The minimum absolute atomic E-state index is 0.0204. The summed E-state index contributed by atoms with van der Waals surface area (Å²) in [6.07, 6.45) is 4.71. The first kappa shape index (κ1) is 17.8. The molecule has 134 valence electrons. The summed E-state index contributed by atoms with van der Waals surface area (Å²) in [6, 6.07) is 12.8. The summed E-state index contributed by atoms with van der Waals surface area (Å²) in [5, 5.41) is 2.68. The van der Waals surface area contributed by atoms with E-state index in [0.29, 0.717) is 5.76 Å². The van der Waals surface area contributed by atoms with E-state index < -0.39 is 10.0 Å². The van der Waals surface area contributed by atoms with Crippen molar-refractivity contribution < 1.29 is 17.6 Å². The lowest BCUT2D eigenvalue weighted by Gasteiger charge is -2.09. The smallest absolute Gasteiger partial charge is 0.251 e. The first-order valence-electron chi connectivity index (χ1n) is 7.84. The van der Waals surface area contributed by atoms with Crippen molar-refractivity contribution in [1.29, 1.82) is 0 Å². The number of benzene rings is 1. The maximum Gasteiger partial charge on any atom is 0.251 e. The fourth-order valence-corrected chi connectivity index (χ4v) is 3.31. The SMILES string of the molecule is O=C(NCc1ccco1)c1cccc(S(=O)(=O)NCc2cccnc2)c1. The molecule has 0 bridgehead atoms. The molecule has 0 atom stereocenters. The Hall–Kier alpha value is -2.97. The van der Waals surface area contributed by atoms with Crippen LogP contribution in [0.1, 0.15) is 21.7 Å². The average Bonchev–Trinajstić information content (AvgIpc) is 3.19. The molecule has 8 heteroatoms.